The molecule has 6 nitrogen and oxygen atoms in total. The Morgan fingerprint density at radius 2 is 1.92 bits per heavy atom. The Hall–Kier alpha value is -1.82. The summed E-state index contributed by atoms with van der Waals surface area (Å²) in [6.45, 7) is 9.21. The van der Waals surface area contributed by atoms with Gasteiger partial charge < -0.3 is 14.7 Å². The molecule has 1 aromatic rings. The lowest BCUT2D eigenvalue weighted by Crippen LogP contribution is -2.63. The Morgan fingerprint density at radius 3 is 2.62 bits per heavy atom. The van der Waals surface area contributed by atoms with Crippen molar-refractivity contribution in [2.45, 2.75) is 38.8 Å². The largest absolute Gasteiger partial charge is 0.370 e. The lowest BCUT2D eigenvalue weighted by atomic mass is 10.0. The van der Waals surface area contributed by atoms with Gasteiger partial charge in [0.2, 0.25) is 0 Å². The number of piperazine rings is 1. The van der Waals surface area contributed by atoms with Crippen molar-refractivity contribution in [2.75, 3.05) is 54.5 Å². The number of likely N-dealkylation sites (N-methyl/N-ethyl adjacent to an activating group) is 1. The van der Waals surface area contributed by atoms with Gasteiger partial charge in [0, 0.05) is 45.8 Å². The summed E-state index contributed by atoms with van der Waals surface area (Å²) in [5.74, 6) is 1.15. The average molecular weight is 329 g/mol. The molecule has 24 heavy (non-hydrogen) atoms. The van der Waals surface area contributed by atoms with Crippen LogP contribution in [0.4, 0.5) is 17.2 Å². The number of hydrogen-bond donors (Lipinski definition) is 0. The smallest absolute Gasteiger partial charge is 0.250 e. The molecule has 4 rings (SSSR count). The first-order valence-electron chi connectivity index (χ1n) is 9.09. The Balaban J connectivity index is 1.67. The molecule has 2 saturated heterocycles. The molecule has 0 spiro atoms. The zero-order chi connectivity index (χ0) is 16.8. The minimum Gasteiger partial charge on any atom is -0.370 e. The van der Waals surface area contributed by atoms with Crippen LogP contribution >= 0.6 is 0 Å². The molecule has 4 heterocycles. The van der Waals surface area contributed by atoms with Crippen LogP contribution in [0.1, 0.15) is 26.7 Å². The van der Waals surface area contributed by atoms with Gasteiger partial charge in [-0.3, -0.25) is 9.69 Å². The van der Waals surface area contributed by atoms with E-state index in [1.165, 1.54) is 12.8 Å². The summed E-state index contributed by atoms with van der Waals surface area (Å²) in [6.07, 6.45) is 4.47. The van der Waals surface area contributed by atoms with E-state index in [0.717, 1.165) is 49.9 Å². The number of pyridine rings is 1. The molecule has 1 unspecified atom stereocenters. The summed E-state index contributed by atoms with van der Waals surface area (Å²) in [5, 5.41) is 0. The highest BCUT2D eigenvalue weighted by Crippen LogP contribution is 2.38. The predicted molar refractivity (Wildman–Crippen MR) is 96.9 cm³/mol. The van der Waals surface area contributed by atoms with Gasteiger partial charge in [-0.15, -0.1) is 0 Å². The van der Waals surface area contributed by atoms with Crippen molar-refractivity contribution in [2.24, 2.45) is 0 Å². The number of rotatable bonds is 2. The number of hydrogen-bond acceptors (Lipinski definition) is 5. The number of fused-ring (bicyclic) bond motifs is 3. The van der Waals surface area contributed by atoms with Crippen molar-refractivity contribution < 1.29 is 4.79 Å². The van der Waals surface area contributed by atoms with Crippen LogP contribution in [0.3, 0.4) is 0 Å². The van der Waals surface area contributed by atoms with Crippen LogP contribution in [0, 0.1) is 0 Å². The molecule has 0 saturated carbocycles. The number of anilines is 3. The minimum atomic E-state index is -0.108. The van der Waals surface area contributed by atoms with Crippen LogP contribution in [0.25, 0.3) is 0 Å². The topological polar surface area (TPSA) is 42.9 Å². The lowest BCUT2D eigenvalue weighted by molar-refractivity contribution is -0.121. The summed E-state index contributed by atoms with van der Waals surface area (Å²) < 4.78 is 0. The van der Waals surface area contributed by atoms with E-state index < -0.39 is 0 Å². The van der Waals surface area contributed by atoms with E-state index in [2.05, 4.69) is 34.6 Å². The summed E-state index contributed by atoms with van der Waals surface area (Å²) in [7, 11) is 1.89. The van der Waals surface area contributed by atoms with Crippen molar-refractivity contribution in [3.63, 3.8) is 0 Å². The second-order valence-electron chi connectivity index (χ2n) is 7.43. The monoisotopic (exact) mass is 329 g/mol. The third-order valence-corrected chi connectivity index (χ3v) is 5.70. The molecule has 0 radical (unpaired) electrons. The Bertz CT molecular complexity index is 640. The Kier molecular flexibility index (Phi) is 3.87. The molecule has 1 aromatic heterocycles. The highest BCUT2D eigenvalue weighted by molar-refractivity contribution is 6.05. The Morgan fingerprint density at radius 1 is 1.17 bits per heavy atom. The van der Waals surface area contributed by atoms with E-state index in [1.54, 1.807) is 0 Å². The summed E-state index contributed by atoms with van der Waals surface area (Å²) in [4.78, 5) is 26.5. The molecule has 0 aromatic carbocycles. The van der Waals surface area contributed by atoms with E-state index >= 15 is 0 Å². The van der Waals surface area contributed by atoms with E-state index in [4.69, 9.17) is 4.98 Å². The fourth-order valence-corrected chi connectivity index (χ4v) is 4.13. The van der Waals surface area contributed by atoms with Gasteiger partial charge in [-0.2, -0.15) is 0 Å². The fraction of sp³-hybridized carbons (Fsp3) is 0.667. The lowest BCUT2D eigenvalue weighted by Gasteiger charge is -2.47. The fourth-order valence-electron chi connectivity index (χ4n) is 4.13. The number of carbonyl (C=O) groups excluding carboxylic acids is 1. The molecule has 1 atom stereocenters. The van der Waals surface area contributed by atoms with Gasteiger partial charge in [-0.05, 0) is 32.8 Å². The quantitative estimate of drug-likeness (QED) is 0.824. The molecule has 3 aliphatic heterocycles. The van der Waals surface area contributed by atoms with Crippen LogP contribution in [-0.4, -0.2) is 67.6 Å². The third-order valence-electron chi connectivity index (χ3n) is 5.70. The van der Waals surface area contributed by atoms with Gasteiger partial charge in [-0.1, -0.05) is 0 Å². The summed E-state index contributed by atoms with van der Waals surface area (Å²) in [6, 6.07) is 2.51. The maximum absolute atomic E-state index is 12.9. The van der Waals surface area contributed by atoms with Gasteiger partial charge in [0.15, 0.2) is 5.82 Å². The van der Waals surface area contributed by atoms with Gasteiger partial charge in [0.1, 0.15) is 6.04 Å². The number of amides is 1. The van der Waals surface area contributed by atoms with E-state index in [1.807, 2.05) is 18.1 Å². The third kappa shape index (κ3) is 2.44. The normalized spacial score (nSPS) is 24.6. The van der Waals surface area contributed by atoms with Gasteiger partial charge in [0.05, 0.1) is 17.6 Å². The van der Waals surface area contributed by atoms with Crippen LogP contribution in [0.5, 0.6) is 0 Å². The van der Waals surface area contributed by atoms with Crippen molar-refractivity contribution in [3.05, 3.63) is 12.3 Å². The molecule has 0 bridgehead atoms. The second kappa shape index (κ2) is 5.92. The number of carbonyl (C=O) groups is 1. The molecule has 130 valence electrons. The van der Waals surface area contributed by atoms with Crippen molar-refractivity contribution in [1.82, 2.24) is 9.88 Å². The first-order chi connectivity index (χ1) is 11.6. The van der Waals surface area contributed by atoms with E-state index in [-0.39, 0.29) is 11.9 Å². The summed E-state index contributed by atoms with van der Waals surface area (Å²) in [5.41, 5.74) is 2.10. The first-order valence-corrected chi connectivity index (χ1v) is 9.09. The maximum atomic E-state index is 12.9. The van der Waals surface area contributed by atoms with Crippen molar-refractivity contribution in [1.29, 1.82) is 0 Å². The van der Waals surface area contributed by atoms with Crippen LogP contribution in [0.2, 0.25) is 0 Å². The van der Waals surface area contributed by atoms with Crippen LogP contribution < -0.4 is 14.7 Å². The van der Waals surface area contributed by atoms with Gasteiger partial charge >= 0.3 is 0 Å². The van der Waals surface area contributed by atoms with Crippen molar-refractivity contribution in [3.8, 4) is 0 Å². The van der Waals surface area contributed by atoms with E-state index in [9.17, 15) is 4.79 Å². The molecule has 1 amide bonds. The maximum Gasteiger partial charge on any atom is 0.250 e. The first kappa shape index (κ1) is 15.7. The van der Waals surface area contributed by atoms with Crippen molar-refractivity contribution >= 4 is 23.1 Å². The SMILES string of the molecule is CC(C)N1CCN2c3ncc(N4CCCC4)cc3N(C)C(=O)C2C1. The Labute approximate surface area is 144 Å². The molecule has 3 aliphatic rings. The molecule has 2 fully saturated rings. The van der Waals surface area contributed by atoms with Gasteiger partial charge in [-0.25, -0.2) is 4.98 Å². The molecule has 0 N–H and O–H groups in total. The zero-order valence-corrected chi connectivity index (χ0v) is 14.9. The van der Waals surface area contributed by atoms with Crippen LogP contribution in [-0.2, 0) is 4.79 Å². The molecule has 0 aliphatic carbocycles. The molecule has 6 heteroatoms. The molecular formula is C18H27N5O. The second-order valence-corrected chi connectivity index (χ2v) is 7.43. The number of aromatic nitrogens is 1. The number of nitrogens with zero attached hydrogens (tertiary/aromatic N) is 5. The zero-order valence-electron chi connectivity index (χ0n) is 14.9. The highest BCUT2D eigenvalue weighted by atomic mass is 16.2. The molecular weight excluding hydrogens is 302 g/mol. The van der Waals surface area contributed by atoms with Crippen LogP contribution in [0.15, 0.2) is 12.3 Å². The predicted octanol–water partition coefficient (Wildman–Crippen LogP) is 1.56. The average Bonchev–Trinajstić information content (AvgIpc) is 3.13. The minimum absolute atomic E-state index is 0.108. The standard InChI is InChI=1S/C18H27N5O/c1-13(2)22-8-9-23-16(12-22)18(24)20(3)15-10-14(11-19-17(15)23)21-6-4-5-7-21/h10-11,13,16H,4-9,12H2,1-3H3. The van der Waals surface area contributed by atoms with E-state index in [0.29, 0.717) is 6.04 Å². The highest BCUT2D eigenvalue weighted by Gasteiger charge is 2.41. The van der Waals surface area contributed by atoms with Gasteiger partial charge in [0.25, 0.3) is 5.91 Å². The summed E-state index contributed by atoms with van der Waals surface area (Å²) >= 11 is 0.